The number of anilines is 1. The smallest absolute Gasteiger partial charge is 0.265 e. The van der Waals surface area contributed by atoms with Gasteiger partial charge in [-0.1, -0.05) is 22.0 Å². The number of hydrogen-bond acceptors (Lipinski definition) is 4. The first-order valence-electron chi connectivity index (χ1n) is 7.32. The van der Waals surface area contributed by atoms with E-state index in [9.17, 15) is 9.59 Å². The molecule has 0 aliphatic heterocycles. The summed E-state index contributed by atoms with van der Waals surface area (Å²) in [7, 11) is 1.52. The summed E-state index contributed by atoms with van der Waals surface area (Å²) in [5, 5.41) is 2.77. The Morgan fingerprint density at radius 3 is 2.54 bits per heavy atom. The number of Topliss-reactive ketones (excluding diaryl/α,β-unsaturated/α-hetero) is 1. The van der Waals surface area contributed by atoms with E-state index < -0.39 is 6.10 Å². The van der Waals surface area contributed by atoms with Gasteiger partial charge >= 0.3 is 0 Å². The fraction of sp³-hybridized carbons (Fsp3) is 0.222. The summed E-state index contributed by atoms with van der Waals surface area (Å²) in [4.78, 5) is 24.0. The highest BCUT2D eigenvalue weighted by molar-refractivity contribution is 9.10. The summed E-state index contributed by atoms with van der Waals surface area (Å²) in [6.07, 6.45) is -0.783. The van der Waals surface area contributed by atoms with E-state index in [0.29, 0.717) is 22.7 Å². The molecule has 6 heteroatoms. The van der Waals surface area contributed by atoms with Crippen LogP contribution in [0.1, 0.15) is 24.2 Å². The van der Waals surface area contributed by atoms with Crippen molar-refractivity contribution in [2.24, 2.45) is 0 Å². The molecule has 24 heavy (non-hydrogen) atoms. The van der Waals surface area contributed by atoms with Gasteiger partial charge < -0.3 is 14.8 Å². The zero-order valence-electron chi connectivity index (χ0n) is 13.6. The van der Waals surface area contributed by atoms with Crippen molar-refractivity contribution < 1.29 is 19.1 Å². The number of nitrogens with one attached hydrogen (secondary N) is 1. The number of methoxy groups -OCH3 is 1. The topological polar surface area (TPSA) is 64.6 Å². The maximum Gasteiger partial charge on any atom is 0.265 e. The Hall–Kier alpha value is -2.34. The van der Waals surface area contributed by atoms with Crippen LogP contribution in [0.5, 0.6) is 11.5 Å². The molecule has 2 aromatic carbocycles. The Morgan fingerprint density at radius 2 is 1.92 bits per heavy atom. The van der Waals surface area contributed by atoms with Gasteiger partial charge in [-0.2, -0.15) is 0 Å². The van der Waals surface area contributed by atoms with E-state index in [0.717, 1.165) is 4.47 Å². The van der Waals surface area contributed by atoms with Gasteiger partial charge in [0.25, 0.3) is 5.91 Å². The second-order valence-electron chi connectivity index (χ2n) is 5.18. The normalized spacial score (nSPS) is 11.5. The molecule has 0 aliphatic rings. The molecule has 1 N–H and O–H groups in total. The summed E-state index contributed by atoms with van der Waals surface area (Å²) >= 11 is 3.35. The van der Waals surface area contributed by atoms with Gasteiger partial charge in [0, 0.05) is 16.2 Å². The Morgan fingerprint density at radius 1 is 1.17 bits per heavy atom. The van der Waals surface area contributed by atoms with Crippen molar-refractivity contribution in [3.05, 3.63) is 52.5 Å². The minimum atomic E-state index is -0.783. The standard InChI is InChI=1S/C18H18BrNO4/c1-11(21)16-8-7-15(23-3)10-17(16)24-12(2)18(22)20-14-6-4-5-13(19)9-14/h4-10,12H,1-3H3,(H,20,22). The number of amides is 1. The average molecular weight is 392 g/mol. The van der Waals surface area contributed by atoms with E-state index in [2.05, 4.69) is 21.2 Å². The first kappa shape index (κ1) is 18.0. The van der Waals surface area contributed by atoms with Crippen LogP contribution in [0.2, 0.25) is 0 Å². The Bertz CT molecular complexity index is 760. The molecule has 126 valence electrons. The molecule has 0 aromatic heterocycles. The third kappa shape index (κ3) is 4.58. The van der Waals surface area contributed by atoms with Crippen molar-refractivity contribution in [1.29, 1.82) is 0 Å². The van der Waals surface area contributed by atoms with Crippen LogP contribution >= 0.6 is 15.9 Å². The predicted octanol–water partition coefficient (Wildman–Crippen LogP) is 4.07. The molecule has 0 saturated heterocycles. The number of ketones is 1. The molecule has 0 fully saturated rings. The van der Waals surface area contributed by atoms with Gasteiger partial charge in [0.05, 0.1) is 12.7 Å². The molecule has 0 radical (unpaired) electrons. The lowest BCUT2D eigenvalue weighted by Gasteiger charge is -2.17. The first-order valence-corrected chi connectivity index (χ1v) is 8.12. The minimum Gasteiger partial charge on any atom is -0.497 e. The second-order valence-corrected chi connectivity index (χ2v) is 6.09. The van der Waals surface area contributed by atoms with Crippen molar-refractivity contribution in [3.63, 3.8) is 0 Å². The SMILES string of the molecule is COc1ccc(C(C)=O)c(OC(C)C(=O)Nc2cccc(Br)c2)c1. The van der Waals surface area contributed by atoms with Gasteiger partial charge in [-0.3, -0.25) is 9.59 Å². The Labute approximate surface area is 149 Å². The lowest BCUT2D eigenvalue weighted by Crippen LogP contribution is -2.30. The van der Waals surface area contributed by atoms with E-state index in [1.807, 2.05) is 12.1 Å². The molecular formula is C18H18BrNO4. The zero-order chi connectivity index (χ0) is 17.7. The fourth-order valence-electron chi connectivity index (χ4n) is 2.07. The average Bonchev–Trinajstić information content (AvgIpc) is 2.54. The molecule has 5 nitrogen and oxygen atoms in total. The van der Waals surface area contributed by atoms with Gasteiger partial charge in [0.1, 0.15) is 11.5 Å². The lowest BCUT2D eigenvalue weighted by molar-refractivity contribution is -0.122. The molecule has 1 amide bonds. The van der Waals surface area contributed by atoms with Crippen molar-refractivity contribution in [3.8, 4) is 11.5 Å². The highest BCUT2D eigenvalue weighted by atomic mass is 79.9. The molecule has 0 heterocycles. The molecular weight excluding hydrogens is 374 g/mol. The van der Waals surface area contributed by atoms with Crippen LogP contribution in [-0.4, -0.2) is 24.9 Å². The maximum absolute atomic E-state index is 12.3. The Balaban J connectivity index is 2.14. The van der Waals surface area contributed by atoms with E-state index in [4.69, 9.17) is 9.47 Å². The summed E-state index contributed by atoms with van der Waals surface area (Å²) in [6.45, 7) is 3.07. The summed E-state index contributed by atoms with van der Waals surface area (Å²) < 4.78 is 11.7. The van der Waals surface area contributed by atoms with E-state index >= 15 is 0 Å². The number of benzene rings is 2. The molecule has 0 bridgehead atoms. The predicted molar refractivity (Wildman–Crippen MR) is 95.9 cm³/mol. The van der Waals surface area contributed by atoms with Crippen LogP contribution in [0.25, 0.3) is 0 Å². The molecule has 2 rings (SSSR count). The highest BCUT2D eigenvalue weighted by Crippen LogP contribution is 2.26. The van der Waals surface area contributed by atoms with Crippen LogP contribution in [0.15, 0.2) is 46.9 Å². The highest BCUT2D eigenvalue weighted by Gasteiger charge is 2.18. The number of carbonyl (C=O) groups excluding carboxylic acids is 2. The third-order valence-electron chi connectivity index (χ3n) is 3.33. The molecule has 0 saturated carbocycles. The number of rotatable bonds is 6. The molecule has 2 aromatic rings. The maximum atomic E-state index is 12.3. The van der Waals surface area contributed by atoms with E-state index in [1.165, 1.54) is 14.0 Å². The van der Waals surface area contributed by atoms with Crippen LogP contribution in [-0.2, 0) is 4.79 Å². The van der Waals surface area contributed by atoms with Crippen LogP contribution in [0.3, 0.4) is 0 Å². The number of halogens is 1. The third-order valence-corrected chi connectivity index (χ3v) is 3.83. The van der Waals surface area contributed by atoms with Gasteiger partial charge in [-0.05, 0) is 44.2 Å². The van der Waals surface area contributed by atoms with Gasteiger partial charge in [-0.15, -0.1) is 0 Å². The summed E-state index contributed by atoms with van der Waals surface area (Å²) in [6, 6.07) is 12.1. The van der Waals surface area contributed by atoms with Gasteiger partial charge in [-0.25, -0.2) is 0 Å². The van der Waals surface area contributed by atoms with Gasteiger partial charge in [0.2, 0.25) is 0 Å². The number of carbonyl (C=O) groups is 2. The summed E-state index contributed by atoms with van der Waals surface area (Å²) in [5.74, 6) is 0.408. The summed E-state index contributed by atoms with van der Waals surface area (Å²) in [5.41, 5.74) is 1.06. The van der Waals surface area contributed by atoms with Crippen LogP contribution in [0, 0.1) is 0 Å². The lowest BCUT2D eigenvalue weighted by atomic mass is 10.1. The molecule has 0 spiro atoms. The Kier molecular flexibility index (Phi) is 5.98. The zero-order valence-corrected chi connectivity index (χ0v) is 15.2. The second kappa shape index (κ2) is 7.97. The molecule has 1 atom stereocenters. The van der Waals surface area contributed by atoms with Crippen molar-refractivity contribution >= 4 is 33.3 Å². The van der Waals surface area contributed by atoms with Crippen LogP contribution in [0.4, 0.5) is 5.69 Å². The monoisotopic (exact) mass is 391 g/mol. The van der Waals surface area contributed by atoms with E-state index in [1.54, 1.807) is 37.3 Å². The number of hydrogen-bond donors (Lipinski definition) is 1. The van der Waals surface area contributed by atoms with E-state index in [-0.39, 0.29) is 11.7 Å². The van der Waals surface area contributed by atoms with Crippen molar-refractivity contribution in [1.82, 2.24) is 0 Å². The molecule has 1 unspecified atom stereocenters. The van der Waals surface area contributed by atoms with Crippen molar-refractivity contribution in [2.45, 2.75) is 20.0 Å². The van der Waals surface area contributed by atoms with Crippen molar-refractivity contribution in [2.75, 3.05) is 12.4 Å². The fourth-order valence-corrected chi connectivity index (χ4v) is 2.47. The molecule has 0 aliphatic carbocycles. The van der Waals surface area contributed by atoms with Gasteiger partial charge in [0.15, 0.2) is 11.9 Å². The van der Waals surface area contributed by atoms with Crippen LogP contribution < -0.4 is 14.8 Å². The largest absolute Gasteiger partial charge is 0.497 e. The number of ether oxygens (including phenoxy) is 2. The first-order chi connectivity index (χ1) is 11.4. The quantitative estimate of drug-likeness (QED) is 0.753. The minimum absolute atomic E-state index is 0.146.